The topological polar surface area (TPSA) is 64.8 Å². The lowest BCUT2D eigenvalue weighted by Crippen LogP contribution is -2.07. The van der Waals surface area contributed by atoms with E-state index in [1.807, 2.05) is 61.5 Å². The molecular formula is C22H19N3O2S. The van der Waals surface area contributed by atoms with Crippen LogP contribution in [0.2, 0.25) is 0 Å². The molecule has 0 saturated carbocycles. The molecule has 0 radical (unpaired) electrons. The molecule has 5 nitrogen and oxygen atoms in total. The maximum atomic E-state index is 13.2. The minimum atomic E-state index is -3.79. The summed E-state index contributed by atoms with van der Waals surface area (Å²) in [5.41, 5.74) is 3.44. The summed E-state index contributed by atoms with van der Waals surface area (Å²) in [6.45, 7) is 2.46. The molecule has 0 N–H and O–H groups in total. The van der Waals surface area contributed by atoms with Gasteiger partial charge in [-0.2, -0.15) is 0 Å². The van der Waals surface area contributed by atoms with Gasteiger partial charge in [-0.15, -0.1) is 5.10 Å². The first-order chi connectivity index (χ1) is 13.6. The Morgan fingerprint density at radius 1 is 0.821 bits per heavy atom. The number of aryl methyl sites for hydroxylation is 1. The van der Waals surface area contributed by atoms with Crippen molar-refractivity contribution in [1.29, 1.82) is 0 Å². The zero-order valence-corrected chi connectivity index (χ0v) is 16.2. The number of hydrogen-bond donors (Lipinski definition) is 0. The maximum absolute atomic E-state index is 13.2. The molecule has 0 aliphatic rings. The van der Waals surface area contributed by atoms with Crippen LogP contribution in [0.1, 0.15) is 11.1 Å². The minimum Gasteiger partial charge on any atom is -0.239 e. The first-order valence-electron chi connectivity index (χ1n) is 8.90. The van der Waals surface area contributed by atoms with Crippen molar-refractivity contribution in [3.8, 4) is 11.3 Å². The molecule has 0 aliphatic carbocycles. The largest absolute Gasteiger partial charge is 0.239 e. The fraction of sp³-hybridized carbons (Fsp3) is 0.0909. The van der Waals surface area contributed by atoms with Crippen LogP contribution in [-0.2, 0) is 16.4 Å². The Labute approximate surface area is 164 Å². The molecule has 0 atom stereocenters. The fourth-order valence-corrected chi connectivity index (χ4v) is 4.40. The van der Waals surface area contributed by atoms with E-state index < -0.39 is 9.84 Å². The van der Waals surface area contributed by atoms with Crippen LogP contribution in [0.15, 0.2) is 94.9 Å². The molecule has 0 fully saturated rings. The minimum absolute atomic E-state index is 0.0305. The van der Waals surface area contributed by atoms with Crippen LogP contribution >= 0.6 is 0 Å². The van der Waals surface area contributed by atoms with Gasteiger partial charge in [-0.05, 0) is 24.6 Å². The number of nitrogens with zero attached hydrogens (tertiary/aromatic N) is 3. The van der Waals surface area contributed by atoms with E-state index >= 15 is 0 Å². The molecule has 1 aromatic heterocycles. The van der Waals surface area contributed by atoms with Crippen LogP contribution in [0.3, 0.4) is 0 Å². The second kappa shape index (κ2) is 7.40. The van der Waals surface area contributed by atoms with E-state index in [0.717, 1.165) is 16.7 Å². The molecule has 0 bridgehead atoms. The predicted molar refractivity (Wildman–Crippen MR) is 108 cm³/mol. The predicted octanol–water partition coefficient (Wildman–Crippen LogP) is 4.13. The van der Waals surface area contributed by atoms with Crippen molar-refractivity contribution in [3.05, 3.63) is 96.1 Å². The van der Waals surface area contributed by atoms with Gasteiger partial charge < -0.3 is 0 Å². The van der Waals surface area contributed by atoms with E-state index in [1.54, 1.807) is 35.0 Å². The molecule has 6 heteroatoms. The third-order valence-corrected chi connectivity index (χ3v) is 6.19. The van der Waals surface area contributed by atoms with Crippen molar-refractivity contribution >= 4 is 9.84 Å². The quantitative estimate of drug-likeness (QED) is 0.515. The van der Waals surface area contributed by atoms with E-state index in [4.69, 9.17) is 0 Å². The summed E-state index contributed by atoms with van der Waals surface area (Å²) in [6.07, 6.45) is 0. The number of benzene rings is 3. The molecular weight excluding hydrogens is 370 g/mol. The highest BCUT2D eigenvalue weighted by Crippen LogP contribution is 2.30. The lowest BCUT2D eigenvalue weighted by Gasteiger charge is -2.09. The van der Waals surface area contributed by atoms with Gasteiger partial charge in [0.05, 0.1) is 11.4 Å². The van der Waals surface area contributed by atoms with E-state index in [9.17, 15) is 8.42 Å². The summed E-state index contributed by atoms with van der Waals surface area (Å²) in [5, 5.41) is 8.24. The van der Waals surface area contributed by atoms with Crippen molar-refractivity contribution in [2.24, 2.45) is 0 Å². The van der Waals surface area contributed by atoms with Gasteiger partial charge in [-0.3, -0.25) is 0 Å². The first-order valence-corrected chi connectivity index (χ1v) is 10.4. The summed E-state index contributed by atoms with van der Waals surface area (Å²) in [5.74, 6) is 0. The monoisotopic (exact) mass is 389 g/mol. The maximum Gasteiger partial charge on any atom is 0.227 e. The summed E-state index contributed by atoms with van der Waals surface area (Å²) >= 11 is 0. The van der Waals surface area contributed by atoms with Gasteiger partial charge >= 0.3 is 0 Å². The van der Waals surface area contributed by atoms with E-state index in [-0.39, 0.29) is 9.92 Å². The average molecular weight is 389 g/mol. The van der Waals surface area contributed by atoms with Gasteiger partial charge in [-0.25, -0.2) is 13.1 Å². The summed E-state index contributed by atoms with van der Waals surface area (Å²) in [6, 6.07) is 25.8. The van der Waals surface area contributed by atoms with Crippen molar-refractivity contribution in [3.63, 3.8) is 0 Å². The van der Waals surface area contributed by atoms with Gasteiger partial charge in [-0.1, -0.05) is 83.6 Å². The Kier molecular flexibility index (Phi) is 4.79. The highest BCUT2D eigenvalue weighted by atomic mass is 32.2. The molecule has 0 aliphatic heterocycles. The average Bonchev–Trinajstić information content (AvgIpc) is 3.15. The molecule has 3 aromatic carbocycles. The van der Waals surface area contributed by atoms with Gasteiger partial charge in [0.1, 0.15) is 5.69 Å². The zero-order valence-electron chi connectivity index (χ0n) is 15.4. The van der Waals surface area contributed by atoms with E-state index in [0.29, 0.717) is 12.2 Å². The highest BCUT2D eigenvalue weighted by molar-refractivity contribution is 7.91. The van der Waals surface area contributed by atoms with Crippen molar-refractivity contribution in [1.82, 2.24) is 15.0 Å². The molecule has 0 unspecified atom stereocenters. The Balaban J connectivity index is 1.86. The Morgan fingerprint density at radius 3 is 2.07 bits per heavy atom. The Morgan fingerprint density at radius 2 is 1.43 bits per heavy atom. The normalized spacial score (nSPS) is 11.5. The van der Waals surface area contributed by atoms with Gasteiger partial charge in [0.25, 0.3) is 0 Å². The Hall–Kier alpha value is -3.25. The summed E-state index contributed by atoms with van der Waals surface area (Å²) in [4.78, 5) is 0.203. The van der Waals surface area contributed by atoms with E-state index in [2.05, 4.69) is 10.3 Å². The molecule has 4 aromatic rings. The number of aromatic nitrogens is 3. The fourth-order valence-electron chi connectivity index (χ4n) is 3.04. The number of sulfone groups is 1. The molecule has 0 saturated heterocycles. The smallest absolute Gasteiger partial charge is 0.227 e. The second-order valence-corrected chi connectivity index (χ2v) is 8.43. The van der Waals surface area contributed by atoms with Gasteiger partial charge in [0, 0.05) is 5.56 Å². The SMILES string of the molecule is Cc1ccc(Cn2nnc(S(=O)(=O)c3ccccc3)c2-c2ccccc2)cc1. The molecule has 0 spiro atoms. The summed E-state index contributed by atoms with van der Waals surface area (Å²) < 4.78 is 28.1. The third kappa shape index (κ3) is 3.46. The van der Waals surface area contributed by atoms with Crippen LogP contribution in [0, 0.1) is 6.92 Å². The van der Waals surface area contributed by atoms with Crippen LogP contribution in [0.25, 0.3) is 11.3 Å². The lowest BCUT2D eigenvalue weighted by atomic mass is 10.1. The summed E-state index contributed by atoms with van der Waals surface area (Å²) in [7, 11) is -3.79. The molecule has 28 heavy (non-hydrogen) atoms. The zero-order chi connectivity index (χ0) is 19.6. The number of hydrogen-bond acceptors (Lipinski definition) is 4. The standard InChI is InChI=1S/C22H19N3O2S/c1-17-12-14-18(15-13-17)16-25-21(19-8-4-2-5-9-19)22(23-24-25)28(26,27)20-10-6-3-7-11-20/h2-15H,16H2,1H3. The first kappa shape index (κ1) is 18.1. The number of rotatable bonds is 5. The van der Waals surface area contributed by atoms with Crippen LogP contribution in [0.5, 0.6) is 0 Å². The third-order valence-electron chi connectivity index (χ3n) is 4.51. The highest BCUT2D eigenvalue weighted by Gasteiger charge is 2.28. The Bertz CT molecular complexity index is 1180. The molecule has 1 heterocycles. The van der Waals surface area contributed by atoms with Crippen LogP contribution < -0.4 is 0 Å². The van der Waals surface area contributed by atoms with E-state index in [1.165, 1.54) is 0 Å². The van der Waals surface area contributed by atoms with Gasteiger partial charge in [0.15, 0.2) is 0 Å². The van der Waals surface area contributed by atoms with Gasteiger partial charge in [0.2, 0.25) is 14.9 Å². The molecule has 140 valence electrons. The lowest BCUT2D eigenvalue weighted by molar-refractivity contribution is 0.592. The molecule has 4 rings (SSSR count). The van der Waals surface area contributed by atoms with Crippen molar-refractivity contribution in [2.75, 3.05) is 0 Å². The van der Waals surface area contributed by atoms with Crippen LogP contribution in [-0.4, -0.2) is 23.4 Å². The van der Waals surface area contributed by atoms with Crippen molar-refractivity contribution in [2.45, 2.75) is 23.4 Å². The second-order valence-electron chi connectivity index (χ2n) is 6.57. The van der Waals surface area contributed by atoms with Crippen LogP contribution in [0.4, 0.5) is 0 Å². The molecule has 0 amide bonds. The van der Waals surface area contributed by atoms with Crippen molar-refractivity contribution < 1.29 is 8.42 Å².